The van der Waals surface area contributed by atoms with Crippen LogP contribution >= 0.6 is 15.9 Å². The van der Waals surface area contributed by atoms with Crippen molar-refractivity contribution in [3.8, 4) is 0 Å². The average Bonchev–Trinajstić information content (AvgIpc) is 2.22. The van der Waals surface area contributed by atoms with Gasteiger partial charge in [0.05, 0.1) is 6.61 Å². The van der Waals surface area contributed by atoms with Gasteiger partial charge in [0.25, 0.3) is 5.91 Å². The predicted octanol–water partition coefficient (Wildman–Crippen LogP) is 1.41. The van der Waals surface area contributed by atoms with E-state index in [9.17, 15) is 4.79 Å². The van der Waals surface area contributed by atoms with Gasteiger partial charge in [-0.05, 0) is 34.1 Å². The van der Waals surface area contributed by atoms with Gasteiger partial charge in [0.15, 0.2) is 0 Å². The molecule has 0 atom stereocenters. The third-order valence-corrected chi connectivity index (χ3v) is 2.57. The normalized spacial score (nSPS) is 10.0. The maximum Gasteiger partial charge on any atom is 0.251 e. The van der Waals surface area contributed by atoms with Crippen LogP contribution in [0.15, 0.2) is 22.7 Å². The van der Waals surface area contributed by atoms with Gasteiger partial charge in [0.1, 0.15) is 0 Å². The molecule has 0 aromatic heterocycles. The van der Waals surface area contributed by atoms with Gasteiger partial charge in [-0.1, -0.05) is 0 Å². The molecular weight excluding hydrogens is 260 g/mol. The number of rotatable bonds is 4. The monoisotopic (exact) mass is 272 g/mol. The van der Waals surface area contributed by atoms with Crippen LogP contribution in [0.25, 0.3) is 0 Å². The van der Waals surface area contributed by atoms with E-state index >= 15 is 0 Å². The van der Waals surface area contributed by atoms with Gasteiger partial charge < -0.3 is 15.8 Å². The highest BCUT2D eigenvalue weighted by Crippen LogP contribution is 2.19. The summed E-state index contributed by atoms with van der Waals surface area (Å²) in [5.74, 6) is -0.147. The molecule has 0 aliphatic rings. The van der Waals surface area contributed by atoms with Gasteiger partial charge in [-0.25, -0.2) is 0 Å². The first-order valence-corrected chi connectivity index (χ1v) is 5.26. The van der Waals surface area contributed by atoms with E-state index in [2.05, 4.69) is 21.2 Å². The Kier molecular flexibility index (Phi) is 4.58. The second kappa shape index (κ2) is 5.72. The number of nitrogens with two attached hydrogens (primary N) is 1. The summed E-state index contributed by atoms with van der Waals surface area (Å²) < 4.78 is 5.61. The van der Waals surface area contributed by atoms with Gasteiger partial charge in [0.2, 0.25) is 0 Å². The number of carbonyl (C=O) groups is 1. The number of benzene rings is 1. The smallest absolute Gasteiger partial charge is 0.251 e. The molecule has 1 aromatic carbocycles. The van der Waals surface area contributed by atoms with Crippen molar-refractivity contribution >= 4 is 27.5 Å². The standard InChI is InChI=1S/C10H13BrN2O2/c1-15-5-4-13-10(14)7-2-3-8(11)9(12)6-7/h2-3,6H,4-5,12H2,1H3,(H,13,14). The summed E-state index contributed by atoms with van der Waals surface area (Å²) in [5.41, 5.74) is 6.76. The summed E-state index contributed by atoms with van der Waals surface area (Å²) >= 11 is 3.27. The number of hydrogen-bond acceptors (Lipinski definition) is 3. The largest absolute Gasteiger partial charge is 0.398 e. The van der Waals surface area contributed by atoms with Crippen LogP contribution in [0.3, 0.4) is 0 Å². The number of halogens is 1. The fourth-order valence-electron chi connectivity index (χ4n) is 1.05. The Balaban J connectivity index is 2.62. The maximum absolute atomic E-state index is 11.5. The fourth-order valence-corrected chi connectivity index (χ4v) is 1.30. The average molecular weight is 273 g/mol. The molecule has 0 bridgehead atoms. The third kappa shape index (κ3) is 3.53. The molecule has 0 aliphatic heterocycles. The second-order valence-electron chi connectivity index (χ2n) is 2.98. The lowest BCUT2D eigenvalue weighted by Crippen LogP contribution is -2.26. The number of carbonyl (C=O) groups excluding carboxylic acids is 1. The minimum Gasteiger partial charge on any atom is -0.398 e. The van der Waals surface area contributed by atoms with Crippen LogP contribution < -0.4 is 11.1 Å². The molecule has 0 saturated heterocycles. The zero-order valence-corrected chi connectivity index (χ0v) is 10.0. The topological polar surface area (TPSA) is 64.3 Å². The molecule has 3 N–H and O–H groups in total. The Morgan fingerprint density at radius 1 is 1.60 bits per heavy atom. The number of amides is 1. The minimum absolute atomic E-state index is 0.147. The number of methoxy groups -OCH3 is 1. The van der Waals surface area contributed by atoms with E-state index in [1.807, 2.05) is 0 Å². The van der Waals surface area contributed by atoms with Crippen molar-refractivity contribution in [2.45, 2.75) is 0 Å². The van der Waals surface area contributed by atoms with Crippen LogP contribution in [-0.4, -0.2) is 26.2 Å². The summed E-state index contributed by atoms with van der Waals surface area (Å²) in [4.78, 5) is 11.5. The van der Waals surface area contributed by atoms with Crippen LogP contribution in [-0.2, 0) is 4.74 Å². The van der Waals surface area contributed by atoms with Crippen molar-refractivity contribution in [1.29, 1.82) is 0 Å². The Hall–Kier alpha value is -1.07. The molecule has 0 unspecified atom stereocenters. The fraction of sp³-hybridized carbons (Fsp3) is 0.300. The lowest BCUT2D eigenvalue weighted by Gasteiger charge is -2.05. The highest BCUT2D eigenvalue weighted by Gasteiger charge is 2.06. The SMILES string of the molecule is COCCNC(=O)c1ccc(Br)c(N)c1. The van der Waals surface area contributed by atoms with Crippen LogP contribution in [0, 0.1) is 0 Å². The molecule has 0 saturated carbocycles. The van der Waals surface area contributed by atoms with Crippen molar-refractivity contribution in [2.24, 2.45) is 0 Å². The molecule has 0 aliphatic carbocycles. The first-order valence-electron chi connectivity index (χ1n) is 4.47. The van der Waals surface area contributed by atoms with Crippen LogP contribution in [0.5, 0.6) is 0 Å². The highest BCUT2D eigenvalue weighted by atomic mass is 79.9. The van der Waals surface area contributed by atoms with Crippen molar-refractivity contribution in [1.82, 2.24) is 5.32 Å². The quantitative estimate of drug-likeness (QED) is 0.644. The van der Waals surface area contributed by atoms with E-state index in [0.717, 1.165) is 4.47 Å². The summed E-state index contributed by atoms with van der Waals surface area (Å²) in [7, 11) is 1.59. The highest BCUT2D eigenvalue weighted by molar-refractivity contribution is 9.10. The number of anilines is 1. The van der Waals surface area contributed by atoms with Gasteiger partial charge in [-0.3, -0.25) is 4.79 Å². The molecule has 4 nitrogen and oxygen atoms in total. The van der Waals surface area contributed by atoms with E-state index < -0.39 is 0 Å². The maximum atomic E-state index is 11.5. The van der Waals surface area contributed by atoms with Crippen molar-refractivity contribution in [2.75, 3.05) is 26.0 Å². The molecule has 0 heterocycles. The van der Waals surface area contributed by atoms with Crippen molar-refractivity contribution < 1.29 is 9.53 Å². The zero-order valence-electron chi connectivity index (χ0n) is 8.42. The molecule has 0 spiro atoms. The van der Waals surface area contributed by atoms with Crippen molar-refractivity contribution in [3.05, 3.63) is 28.2 Å². The number of hydrogen-bond donors (Lipinski definition) is 2. The van der Waals surface area contributed by atoms with Gasteiger partial charge in [-0.15, -0.1) is 0 Å². The number of nitrogens with one attached hydrogen (secondary N) is 1. The van der Waals surface area contributed by atoms with E-state index in [1.54, 1.807) is 25.3 Å². The summed E-state index contributed by atoms with van der Waals surface area (Å²) in [6.45, 7) is 0.989. The number of nitrogen functional groups attached to an aromatic ring is 1. The third-order valence-electron chi connectivity index (χ3n) is 1.85. The molecule has 1 amide bonds. The molecule has 15 heavy (non-hydrogen) atoms. The van der Waals surface area contributed by atoms with Crippen LogP contribution in [0.1, 0.15) is 10.4 Å². The minimum atomic E-state index is -0.147. The van der Waals surface area contributed by atoms with Gasteiger partial charge >= 0.3 is 0 Å². The number of ether oxygens (including phenoxy) is 1. The second-order valence-corrected chi connectivity index (χ2v) is 3.84. The van der Waals surface area contributed by atoms with E-state index in [4.69, 9.17) is 10.5 Å². The van der Waals surface area contributed by atoms with E-state index in [0.29, 0.717) is 24.4 Å². The zero-order chi connectivity index (χ0) is 11.3. The Bertz CT molecular complexity index is 355. The molecule has 82 valence electrons. The van der Waals surface area contributed by atoms with Crippen LogP contribution in [0.2, 0.25) is 0 Å². The lowest BCUT2D eigenvalue weighted by molar-refractivity contribution is 0.0937. The summed E-state index contributed by atoms with van der Waals surface area (Å²) in [6.07, 6.45) is 0. The Labute approximate surface area is 96.9 Å². The summed E-state index contributed by atoms with van der Waals surface area (Å²) in [6, 6.07) is 5.09. The first kappa shape index (κ1) is 12.0. The lowest BCUT2D eigenvalue weighted by atomic mass is 10.2. The van der Waals surface area contributed by atoms with E-state index in [1.165, 1.54) is 0 Å². The molecular formula is C10H13BrN2O2. The van der Waals surface area contributed by atoms with Gasteiger partial charge in [0, 0.05) is 29.4 Å². The molecule has 1 rings (SSSR count). The molecule has 5 heteroatoms. The first-order chi connectivity index (χ1) is 7.15. The molecule has 1 aromatic rings. The Morgan fingerprint density at radius 2 is 2.33 bits per heavy atom. The molecule has 0 fully saturated rings. The molecule has 0 radical (unpaired) electrons. The predicted molar refractivity (Wildman–Crippen MR) is 62.8 cm³/mol. The van der Waals surface area contributed by atoms with Crippen LogP contribution in [0.4, 0.5) is 5.69 Å². The van der Waals surface area contributed by atoms with Gasteiger partial charge in [-0.2, -0.15) is 0 Å². The van der Waals surface area contributed by atoms with E-state index in [-0.39, 0.29) is 5.91 Å². The Morgan fingerprint density at radius 3 is 2.93 bits per heavy atom. The van der Waals surface area contributed by atoms with Crippen molar-refractivity contribution in [3.63, 3.8) is 0 Å². The summed E-state index contributed by atoms with van der Waals surface area (Å²) in [5, 5.41) is 2.71.